The van der Waals surface area contributed by atoms with Gasteiger partial charge in [-0.1, -0.05) is 30.3 Å². The van der Waals surface area contributed by atoms with Crippen molar-refractivity contribution in [3.63, 3.8) is 0 Å². The Morgan fingerprint density at radius 3 is 2.46 bits per heavy atom. The molecule has 152 valence electrons. The number of ether oxygens (including phenoxy) is 2. The summed E-state index contributed by atoms with van der Waals surface area (Å²) in [6.45, 7) is 6.70. The maximum atomic E-state index is 15.4. The number of alkyl carbamates (subject to hydrolysis) is 1. The number of amides is 3. The normalized spacial score (nSPS) is 29.7. The lowest BCUT2D eigenvalue weighted by atomic mass is 9.75. The number of hydrogen-bond acceptors (Lipinski definition) is 5. The third-order valence-corrected chi connectivity index (χ3v) is 5.01. The zero-order chi connectivity index (χ0) is 20.7. The molecule has 0 aromatic heterocycles. The number of alkyl halides is 1. The number of benzene rings is 1. The predicted octanol–water partition coefficient (Wildman–Crippen LogP) is 3.49. The minimum absolute atomic E-state index is 0.0845. The van der Waals surface area contributed by atoms with Gasteiger partial charge in [-0.05, 0) is 46.1 Å². The van der Waals surface area contributed by atoms with Gasteiger partial charge in [-0.15, -0.1) is 0 Å². The van der Waals surface area contributed by atoms with Crippen LogP contribution in [-0.4, -0.2) is 46.3 Å². The van der Waals surface area contributed by atoms with Gasteiger partial charge in [0, 0.05) is 0 Å². The van der Waals surface area contributed by atoms with Crippen molar-refractivity contribution >= 4 is 18.1 Å². The Bertz CT molecular complexity index is 779. The molecule has 1 heterocycles. The summed E-state index contributed by atoms with van der Waals surface area (Å²) < 4.78 is 25.9. The molecule has 3 amide bonds. The summed E-state index contributed by atoms with van der Waals surface area (Å²) in [4.78, 5) is 38.0. The van der Waals surface area contributed by atoms with Gasteiger partial charge in [0.25, 0.3) is 5.91 Å². The lowest BCUT2D eigenvalue weighted by Crippen LogP contribution is -2.66. The van der Waals surface area contributed by atoms with Crippen molar-refractivity contribution in [3.8, 4) is 0 Å². The van der Waals surface area contributed by atoms with Gasteiger partial charge in [-0.2, -0.15) is 0 Å². The van der Waals surface area contributed by atoms with Crippen molar-refractivity contribution < 1.29 is 28.2 Å². The number of hydrogen-bond donors (Lipinski definition) is 1. The van der Waals surface area contributed by atoms with Crippen molar-refractivity contribution in [1.82, 2.24) is 10.2 Å². The highest BCUT2D eigenvalue weighted by Crippen LogP contribution is 2.42. The van der Waals surface area contributed by atoms with E-state index in [0.717, 1.165) is 10.5 Å². The minimum Gasteiger partial charge on any atom is -0.444 e. The van der Waals surface area contributed by atoms with Crippen LogP contribution in [0.5, 0.6) is 0 Å². The Morgan fingerprint density at radius 2 is 1.93 bits per heavy atom. The van der Waals surface area contributed by atoms with Gasteiger partial charge >= 0.3 is 12.2 Å². The van der Waals surface area contributed by atoms with Crippen molar-refractivity contribution in [1.29, 1.82) is 0 Å². The summed E-state index contributed by atoms with van der Waals surface area (Å²) in [6.07, 6.45) is -2.16. The molecule has 4 atom stereocenters. The van der Waals surface area contributed by atoms with E-state index in [-0.39, 0.29) is 12.8 Å². The SMILES string of the molecule is C[C@H]1[C@@H](c2ccccc2)OC(=O)N1C(=O)[C@]1(F)CC[C@@H]1NC(=O)OC(C)(C)C. The van der Waals surface area contributed by atoms with Gasteiger partial charge in [-0.3, -0.25) is 4.79 Å². The first-order valence-corrected chi connectivity index (χ1v) is 9.30. The van der Waals surface area contributed by atoms with Crippen LogP contribution in [0.2, 0.25) is 0 Å². The Kier molecular flexibility index (Phi) is 5.08. The zero-order valence-electron chi connectivity index (χ0n) is 16.4. The summed E-state index contributed by atoms with van der Waals surface area (Å²) in [5, 5.41) is 2.40. The quantitative estimate of drug-likeness (QED) is 0.851. The monoisotopic (exact) mass is 392 g/mol. The molecule has 7 nitrogen and oxygen atoms in total. The van der Waals surface area contributed by atoms with Crippen LogP contribution in [0.3, 0.4) is 0 Å². The van der Waals surface area contributed by atoms with Crippen molar-refractivity contribution in [2.45, 2.75) is 70.0 Å². The van der Waals surface area contributed by atoms with Crippen LogP contribution in [0.1, 0.15) is 52.2 Å². The van der Waals surface area contributed by atoms with E-state index in [0.29, 0.717) is 0 Å². The van der Waals surface area contributed by atoms with E-state index in [9.17, 15) is 14.4 Å². The Labute approximate surface area is 163 Å². The fraction of sp³-hybridized carbons (Fsp3) is 0.550. The van der Waals surface area contributed by atoms with Crippen LogP contribution < -0.4 is 5.32 Å². The highest BCUT2D eigenvalue weighted by atomic mass is 19.1. The van der Waals surface area contributed by atoms with Gasteiger partial charge in [0.15, 0.2) is 0 Å². The molecule has 1 saturated carbocycles. The molecule has 1 aromatic rings. The summed E-state index contributed by atoms with van der Waals surface area (Å²) in [7, 11) is 0. The number of imide groups is 1. The van der Waals surface area contributed by atoms with Crippen molar-refractivity contribution in [2.75, 3.05) is 0 Å². The Balaban J connectivity index is 1.72. The molecular weight excluding hydrogens is 367 g/mol. The molecule has 28 heavy (non-hydrogen) atoms. The molecule has 1 saturated heterocycles. The average molecular weight is 392 g/mol. The second-order valence-electron chi connectivity index (χ2n) is 8.23. The van der Waals surface area contributed by atoms with Crippen LogP contribution >= 0.6 is 0 Å². The zero-order valence-corrected chi connectivity index (χ0v) is 16.4. The molecule has 3 rings (SSSR count). The molecule has 1 aliphatic carbocycles. The highest BCUT2D eigenvalue weighted by molar-refractivity contribution is 5.99. The second-order valence-corrected chi connectivity index (χ2v) is 8.23. The standard InChI is InChI=1S/C20H25FN2O5/c1-12-15(13-8-6-5-7-9-13)27-18(26)23(12)16(24)20(21)11-10-14(20)22-17(25)28-19(2,3)4/h5-9,12,14-15H,10-11H2,1-4H3,(H,22,25)/t12-,14-,15-,20-/m0/s1. The molecule has 1 aromatic carbocycles. The lowest BCUT2D eigenvalue weighted by molar-refractivity contribution is -0.150. The van der Waals surface area contributed by atoms with Gasteiger partial charge in [0.1, 0.15) is 11.7 Å². The number of carbonyl (C=O) groups is 3. The molecule has 1 aliphatic heterocycles. The smallest absolute Gasteiger partial charge is 0.417 e. The Hall–Kier alpha value is -2.64. The van der Waals surface area contributed by atoms with Crippen LogP contribution in [0.4, 0.5) is 14.0 Å². The third kappa shape index (κ3) is 3.68. The molecule has 0 bridgehead atoms. The highest BCUT2D eigenvalue weighted by Gasteiger charge is 2.60. The Morgan fingerprint density at radius 1 is 1.29 bits per heavy atom. The van der Waals surface area contributed by atoms with Gasteiger partial charge in [0.05, 0.1) is 12.1 Å². The molecule has 0 spiro atoms. The number of cyclic esters (lactones) is 1. The maximum Gasteiger partial charge on any atom is 0.417 e. The minimum atomic E-state index is -2.37. The maximum absolute atomic E-state index is 15.4. The number of carbonyl (C=O) groups excluding carboxylic acids is 3. The topological polar surface area (TPSA) is 84.9 Å². The summed E-state index contributed by atoms with van der Waals surface area (Å²) in [5.74, 6) is -0.990. The molecule has 8 heteroatoms. The van der Waals surface area contributed by atoms with Gasteiger partial charge in [0.2, 0.25) is 5.67 Å². The third-order valence-electron chi connectivity index (χ3n) is 5.01. The average Bonchev–Trinajstić information content (AvgIpc) is 2.91. The van der Waals surface area contributed by atoms with E-state index in [1.54, 1.807) is 52.0 Å². The predicted molar refractivity (Wildman–Crippen MR) is 98.2 cm³/mol. The lowest BCUT2D eigenvalue weighted by Gasteiger charge is -2.43. The van der Waals surface area contributed by atoms with Crippen LogP contribution in [-0.2, 0) is 14.3 Å². The summed E-state index contributed by atoms with van der Waals surface area (Å²) >= 11 is 0. The number of nitrogens with zero attached hydrogens (tertiary/aromatic N) is 1. The van der Waals surface area contributed by atoms with Crippen LogP contribution in [0.25, 0.3) is 0 Å². The number of rotatable bonds is 3. The van der Waals surface area contributed by atoms with E-state index >= 15 is 4.39 Å². The van der Waals surface area contributed by atoms with Crippen molar-refractivity contribution in [3.05, 3.63) is 35.9 Å². The molecular formula is C20H25FN2O5. The number of nitrogens with one attached hydrogen (secondary N) is 1. The van der Waals surface area contributed by atoms with Crippen molar-refractivity contribution in [2.24, 2.45) is 0 Å². The summed E-state index contributed by atoms with van der Waals surface area (Å²) in [6, 6.07) is 7.26. The number of halogens is 1. The first-order chi connectivity index (χ1) is 13.0. The molecule has 0 radical (unpaired) electrons. The fourth-order valence-corrected chi connectivity index (χ4v) is 3.46. The van der Waals surface area contributed by atoms with Gasteiger partial charge < -0.3 is 14.8 Å². The molecule has 2 fully saturated rings. The van der Waals surface area contributed by atoms with Crippen LogP contribution in [0.15, 0.2) is 30.3 Å². The van der Waals surface area contributed by atoms with E-state index in [1.165, 1.54) is 0 Å². The summed E-state index contributed by atoms with van der Waals surface area (Å²) in [5.41, 5.74) is -2.38. The first kappa shape index (κ1) is 20.1. The molecule has 1 N–H and O–H groups in total. The van der Waals surface area contributed by atoms with E-state index in [2.05, 4.69) is 5.32 Å². The van der Waals surface area contributed by atoms with Gasteiger partial charge in [-0.25, -0.2) is 18.9 Å². The van der Waals surface area contributed by atoms with E-state index in [4.69, 9.17) is 9.47 Å². The molecule has 0 unspecified atom stereocenters. The van der Waals surface area contributed by atoms with Crippen LogP contribution in [0, 0.1) is 0 Å². The molecule has 2 aliphatic rings. The second kappa shape index (κ2) is 7.07. The van der Waals surface area contributed by atoms with E-state index < -0.39 is 47.6 Å². The van der Waals surface area contributed by atoms with E-state index in [1.807, 2.05) is 6.07 Å². The largest absolute Gasteiger partial charge is 0.444 e. The first-order valence-electron chi connectivity index (χ1n) is 9.30. The fourth-order valence-electron chi connectivity index (χ4n) is 3.46.